The van der Waals surface area contributed by atoms with Crippen LogP contribution in [0.2, 0.25) is 0 Å². The molecule has 5 nitrogen and oxygen atoms in total. The lowest BCUT2D eigenvalue weighted by atomic mass is 9.97. The minimum absolute atomic E-state index is 0.00611. The van der Waals surface area contributed by atoms with Gasteiger partial charge in [-0.3, -0.25) is 4.79 Å². The Hall–Kier alpha value is -2.09. The highest BCUT2D eigenvalue weighted by Crippen LogP contribution is 2.23. The zero-order valence-corrected chi connectivity index (χ0v) is 11.3. The van der Waals surface area contributed by atoms with Gasteiger partial charge >= 0.3 is 0 Å². The molecule has 19 heavy (non-hydrogen) atoms. The molecule has 1 atom stereocenters. The third kappa shape index (κ3) is 3.02. The highest BCUT2D eigenvalue weighted by atomic mass is 16.1. The van der Waals surface area contributed by atoms with E-state index in [0.29, 0.717) is 12.1 Å². The number of anilines is 1. The van der Waals surface area contributed by atoms with Gasteiger partial charge in [-0.15, -0.1) is 0 Å². The van der Waals surface area contributed by atoms with Crippen molar-refractivity contribution in [3.63, 3.8) is 0 Å². The van der Waals surface area contributed by atoms with Gasteiger partial charge < -0.3 is 10.2 Å². The molecule has 100 valence electrons. The summed E-state index contributed by atoms with van der Waals surface area (Å²) in [6, 6.07) is 5.70. The summed E-state index contributed by atoms with van der Waals surface area (Å²) >= 11 is 0. The topological polar surface area (TPSA) is 69.0 Å². The van der Waals surface area contributed by atoms with E-state index in [-0.39, 0.29) is 11.8 Å². The van der Waals surface area contributed by atoms with Gasteiger partial charge in [-0.1, -0.05) is 0 Å². The normalized spacial score (nSPS) is 18.8. The lowest BCUT2D eigenvalue weighted by Crippen LogP contribution is -2.42. The third-order valence-electron chi connectivity index (χ3n) is 3.43. The first-order chi connectivity index (χ1) is 9.13. The standard InChI is InChI=1S/C14H18N4O/c1-10-6-11(8-15)7-13(17-10)18-5-3-4-12(9-18)14(19)16-2/h6-7,12H,3-5,9H2,1-2H3,(H,16,19). The molecule has 0 bridgehead atoms. The molecule has 1 aliphatic heterocycles. The van der Waals surface area contributed by atoms with Crippen molar-refractivity contribution in [1.82, 2.24) is 10.3 Å². The minimum atomic E-state index is 0.00611. The molecule has 0 radical (unpaired) electrons. The van der Waals surface area contributed by atoms with Gasteiger partial charge in [0, 0.05) is 25.8 Å². The molecule has 0 spiro atoms. The smallest absolute Gasteiger partial charge is 0.224 e. The van der Waals surface area contributed by atoms with Crippen molar-refractivity contribution in [3.05, 3.63) is 23.4 Å². The van der Waals surface area contributed by atoms with E-state index in [4.69, 9.17) is 5.26 Å². The van der Waals surface area contributed by atoms with Gasteiger partial charge in [0.15, 0.2) is 0 Å². The van der Waals surface area contributed by atoms with Crippen LogP contribution in [-0.2, 0) is 4.79 Å². The first-order valence-corrected chi connectivity index (χ1v) is 6.49. The fourth-order valence-electron chi connectivity index (χ4n) is 2.48. The number of piperidine rings is 1. The van der Waals surface area contributed by atoms with E-state index in [1.165, 1.54) is 0 Å². The molecule has 0 saturated carbocycles. The first-order valence-electron chi connectivity index (χ1n) is 6.49. The van der Waals surface area contributed by atoms with Crippen LogP contribution in [0.4, 0.5) is 5.82 Å². The second-order valence-electron chi connectivity index (χ2n) is 4.87. The van der Waals surface area contributed by atoms with Crippen LogP contribution in [0, 0.1) is 24.2 Å². The summed E-state index contributed by atoms with van der Waals surface area (Å²) in [4.78, 5) is 18.3. The maximum atomic E-state index is 11.7. The van der Waals surface area contributed by atoms with E-state index < -0.39 is 0 Å². The van der Waals surface area contributed by atoms with E-state index in [1.54, 1.807) is 19.2 Å². The number of carbonyl (C=O) groups is 1. The average molecular weight is 258 g/mol. The minimum Gasteiger partial charge on any atom is -0.359 e. The van der Waals surface area contributed by atoms with Crippen molar-refractivity contribution in [2.45, 2.75) is 19.8 Å². The van der Waals surface area contributed by atoms with Gasteiger partial charge in [-0.25, -0.2) is 4.98 Å². The Morgan fingerprint density at radius 3 is 3.05 bits per heavy atom. The van der Waals surface area contributed by atoms with Crippen LogP contribution in [-0.4, -0.2) is 31.0 Å². The Balaban J connectivity index is 2.20. The average Bonchev–Trinajstić information content (AvgIpc) is 2.45. The number of amides is 1. The molecule has 1 aliphatic rings. The van der Waals surface area contributed by atoms with Crippen molar-refractivity contribution in [1.29, 1.82) is 5.26 Å². The highest BCUT2D eigenvalue weighted by molar-refractivity contribution is 5.79. The summed E-state index contributed by atoms with van der Waals surface area (Å²) in [7, 11) is 1.67. The van der Waals surface area contributed by atoms with Crippen LogP contribution < -0.4 is 10.2 Å². The van der Waals surface area contributed by atoms with Crippen LogP contribution in [0.15, 0.2) is 12.1 Å². The number of aromatic nitrogens is 1. The van der Waals surface area contributed by atoms with Crippen molar-refractivity contribution < 1.29 is 4.79 Å². The van der Waals surface area contributed by atoms with Gasteiger partial charge in [-0.05, 0) is 31.9 Å². The van der Waals surface area contributed by atoms with Crippen molar-refractivity contribution in [3.8, 4) is 6.07 Å². The number of nitrogens with zero attached hydrogens (tertiary/aromatic N) is 3. The van der Waals surface area contributed by atoms with E-state index in [1.807, 2.05) is 6.92 Å². The quantitative estimate of drug-likeness (QED) is 0.866. The number of aryl methyl sites for hydroxylation is 1. The lowest BCUT2D eigenvalue weighted by Gasteiger charge is -2.32. The maximum Gasteiger partial charge on any atom is 0.224 e. The second-order valence-corrected chi connectivity index (χ2v) is 4.87. The Kier molecular flexibility index (Phi) is 4.00. The highest BCUT2D eigenvalue weighted by Gasteiger charge is 2.25. The van der Waals surface area contributed by atoms with Crippen LogP contribution in [0.25, 0.3) is 0 Å². The summed E-state index contributed by atoms with van der Waals surface area (Å²) in [6.45, 7) is 3.43. The van der Waals surface area contributed by atoms with Crippen molar-refractivity contribution in [2.24, 2.45) is 5.92 Å². The number of pyridine rings is 1. The van der Waals surface area contributed by atoms with Gasteiger partial charge in [-0.2, -0.15) is 5.26 Å². The number of nitrogens with one attached hydrogen (secondary N) is 1. The van der Waals surface area contributed by atoms with E-state index in [9.17, 15) is 4.79 Å². The van der Waals surface area contributed by atoms with Crippen LogP contribution in [0.1, 0.15) is 24.1 Å². The fourth-order valence-corrected chi connectivity index (χ4v) is 2.48. The van der Waals surface area contributed by atoms with Gasteiger partial charge in [0.2, 0.25) is 5.91 Å². The van der Waals surface area contributed by atoms with Crippen molar-refractivity contribution in [2.75, 3.05) is 25.0 Å². The molecule has 2 heterocycles. The number of carbonyl (C=O) groups excluding carboxylic acids is 1. The fraction of sp³-hybridized carbons (Fsp3) is 0.500. The molecule has 1 saturated heterocycles. The summed E-state index contributed by atoms with van der Waals surface area (Å²) in [6.07, 6.45) is 1.88. The molecule has 0 aliphatic carbocycles. The summed E-state index contributed by atoms with van der Waals surface area (Å²) in [5.41, 5.74) is 1.45. The molecule has 0 aromatic carbocycles. The van der Waals surface area contributed by atoms with Gasteiger partial charge in [0.25, 0.3) is 0 Å². The monoisotopic (exact) mass is 258 g/mol. The SMILES string of the molecule is CNC(=O)C1CCCN(c2cc(C#N)cc(C)n2)C1. The molecule has 1 unspecified atom stereocenters. The maximum absolute atomic E-state index is 11.7. The third-order valence-corrected chi connectivity index (χ3v) is 3.43. The molecule has 5 heteroatoms. The summed E-state index contributed by atoms with van der Waals surface area (Å²) in [5.74, 6) is 0.884. The molecular weight excluding hydrogens is 240 g/mol. The Labute approximate surface area is 113 Å². The molecule has 1 aromatic heterocycles. The van der Waals surface area contributed by atoms with E-state index >= 15 is 0 Å². The number of rotatable bonds is 2. The molecular formula is C14H18N4O. The van der Waals surface area contributed by atoms with Crippen molar-refractivity contribution >= 4 is 11.7 Å². The van der Waals surface area contributed by atoms with Crippen LogP contribution in [0.3, 0.4) is 0 Å². The lowest BCUT2D eigenvalue weighted by molar-refractivity contribution is -0.124. The Bertz CT molecular complexity index is 521. The number of nitriles is 1. The molecule has 2 rings (SSSR count). The molecule has 1 N–H and O–H groups in total. The van der Waals surface area contributed by atoms with Crippen LogP contribution >= 0.6 is 0 Å². The predicted molar refractivity (Wildman–Crippen MR) is 72.7 cm³/mol. The van der Waals surface area contributed by atoms with E-state index in [2.05, 4.69) is 21.3 Å². The number of hydrogen-bond acceptors (Lipinski definition) is 4. The predicted octanol–water partition coefficient (Wildman–Crippen LogP) is 1.22. The van der Waals surface area contributed by atoms with E-state index in [0.717, 1.165) is 30.9 Å². The van der Waals surface area contributed by atoms with Gasteiger partial charge in [0.05, 0.1) is 17.6 Å². The summed E-state index contributed by atoms with van der Waals surface area (Å²) in [5, 5.41) is 11.7. The summed E-state index contributed by atoms with van der Waals surface area (Å²) < 4.78 is 0. The van der Waals surface area contributed by atoms with Crippen LogP contribution in [0.5, 0.6) is 0 Å². The molecule has 1 amide bonds. The first kappa shape index (κ1) is 13.3. The largest absolute Gasteiger partial charge is 0.359 e. The zero-order valence-electron chi connectivity index (χ0n) is 11.3. The molecule has 1 fully saturated rings. The van der Waals surface area contributed by atoms with Gasteiger partial charge in [0.1, 0.15) is 5.82 Å². The molecule has 1 aromatic rings. The Morgan fingerprint density at radius 1 is 1.58 bits per heavy atom. The second kappa shape index (κ2) is 5.70. The number of hydrogen-bond donors (Lipinski definition) is 1. The Morgan fingerprint density at radius 2 is 2.37 bits per heavy atom. The zero-order chi connectivity index (χ0) is 13.8.